The Kier molecular flexibility index (Phi) is 3.83. The number of carbonyl (C=O) groups is 2. The number of aliphatic carboxylic acids is 1. The number of hydrogen-bond acceptors (Lipinski definition) is 4. The molecule has 2 rings (SSSR count). The molecule has 1 fully saturated rings. The summed E-state index contributed by atoms with van der Waals surface area (Å²) in [5, 5.41) is 9.11. The van der Waals surface area contributed by atoms with E-state index >= 15 is 0 Å². The first-order valence-electron chi connectivity index (χ1n) is 6.39. The number of methoxy groups -OCH3 is 1. The Hall–Kier alpha value is -2.24. The van der Waals surface area contributed by atoms with E-state index in [1.807, 2.05) is 6.92 Å². The second-order valence-corrected chi connectivity index (χ2v) is 5.09. The molecule has 2 unspecified atom stereocenters. The van der Waals surface area contributed by atoms with Crippen molar-refractivity contribution >= 4 is 17.6 Å². The number of nitrogens with two attached hydrogens (primary N) is 1. The number of hydrogen-bond donors (Lipinski definition) is 2. The van der Waals surface area contributed by atoms with Gasteiger partial charge in [-0.25, -0.2) is 0 Å². The topological polar surface area (TPSA) is 92.9 Å². The van der Waals surface area contributed by atoms with Crippen molar-refractivity contribution in [1.82, 2.24) is 4.90 Å². The van der Waals surface area contributed by atoms with Gasteiger partial charge in [0.25, 0.3) is 5.91 Å². The van der Waals surface area contributed by atoms with Gasteiger partial charge in [0.05, 0.1) is 18.6 Å². The summed E-state index contributed by atoms with van der Waals surface area (Å²) in [5.74, 6) is -1.16. The van der Waals surface area contributed by atoms with Crippen LogP contribution in [0.25, 0.3) is 0 Å². The highest BCUT2D eigenvalue weighted by Crippen LogP contribution is 2.27. The van der Waals surface area contributed by atoms with Crippen LogP contribution in [0.4, 0.5) is 5.69 Å². The molecule has 0 saturated carbocycles. The molecule has 108 valence electrons. The summed E-state index contributed by atoms with van der Waals surface area (Å²) >= 11 is 0. The van der Waals surface area contributed by atoms with Crippen LogP contribution in [0.15, 0.2) is 18.2 Å². The number of carboxylic acids is 1. The van der Waals surface area contributed by atoms with Crippen LogP contribution in [0.2, 0.25) is 0 Å². The van der Waals surface area contributed by atoms with E-state index in [1.165, 1.54) is 12.0 Å². The second kappa shape index (κ2) is 5.40. The number of carbonyl (C=O) groups excluding carboxylic acids is 1. The van der Waals surface area contributed by atoms with Crippen LogP contribution in [-0.4, -0.2) is 42.1 Å². The van der Waals surface area contributed by atoms with Crippen molar-refractivity contribution in [2.45, 2.75) is 6.92 Å². The van der Waals surface area contributed by atoms with Gasteiger partial charge >= 0.3 is 5.97 Å². The van der Waals surface area contributed by atoms with E-state index in [9.17, 15) is 9.59 Å². The van der Waals surface area contributed by atoms with Crippen LogP contribution in [0, 0.1) is 11.8 Å². The smallest absolute Gasteiger partial charge is 0.308 e. The van der Waals surface area contributed by atoms with Gasteiger partial charge in [-0.2, -0.15) is 0 Å². The lowest BCUT2D eigenvalue weighted by molar-refractivity contribution is -0.142. The molecular weight excluding hydrogens is 260 g/mol. The Morgan fingerprint density at radius 2 is 2.10 bits per heavy atom. The van der Waals surface area contributed by atoms with Crippen molar-refractivity contribution in [3.05, 3.63) is 23.8 Å². The number of nitrogen functional groups attached to an aromatic ring is 1. The minimum Gasteiger partial charge on any atom is -0.497 e. The molecule has 1 aromatic carbocycles. The Bertz CT molecular complexity index is 544. The summed E-state index contributed by atoms with van der Waals surface area (Å²) in [7, 11) is 1.51. The molecule has 0 spiro atoms. The highest BCUT2D eigenvalue weighted by Gasteiger charge is 2.37. The zero-order chi connectivity index (χ0) is 14.9. The first kappa shape index (κ1) is 14.2. The minimum absolute atomic E-state index is 0.0664. The maximum atomic E-state index is 12.4. The summed E-state index contributed by atoms with van der Waals surface area (Å²) in [6.07, 6.45) is 0. The second-order valence-electron chi connectivity index (χ2n) is 5.09. The fourth-order valence-corrected chi connectivity index (χ4v) is 2.47. The van der Waals surface area contributed by atoms with E-state index in [2.05, 4.69) is 0 Å². The number of anilines is 1. The van der Waals surface area contributed by atoms with E-state index in [4.69, 9.17) is 15.6 Å². The molecule has 20 heavy (non-hydrogen) atoms. The number of amides is 1. The lowest BCUT2D eigenvalue weighted by Crippen LogP contribution is -2.30. The first-order valence-corrected chi connectivity index (χ1v) is 6.39. The maximum absolute atomic E-state index is 12.4. The Labute approximate surface area is 117 Å². The molecule has 3 N–H and O–H groups in total. The fourth-order valence-electron chi connectivity index (χ4n) is 2.47. The molecule has 1 saturated heterocycles. The van der Waals surface area contributed by atoms with Crippen molar-refractivity contribution in [2.24, 2.45) is 11.8 Å². The molecule has 1 aliphatic rings. The van der Waals surface area contributed by atoms with Crippen LogP contribution >= 0.6 is 0 Å². The van der Waals surface area contributed by atoms with E-state index in [0.717, 1.165) is 0 Å². The van der Waals surface area contributed by atoms with E-state index in [1.54, 1.807) is 18.2 Å². The van der Waals surface area contributed by atoms with Crippen LogP contribution < -0.4 is 10.5 Å². The average molecular weight is 278 g/mol. The van der Waals surface area contributed by atoms with Crippen molar-refractivity contribution in [3.8, 4) is 5.75 Å². The molecule has 1 aromatic rings. The molecule has 0 aliphatic carbocycles. The number of likely N-dealkylation sites (tertiary alicyclic amines) is 1. The van der Waals surface area contributed by atoms with Crippen molar-refractivity contribution in [2.75, 3.05) is 25.9 Å². The number of ether oxygens (including phenoxy) is 1. The van der Waals surface area contributed by atoms with Gasteiger partial charge in [-0.3, -0.25) is 9.59 Å². The van der Waals surface area contributed by atoms with Crippen molar-refractivity contribution in [1.29, 1.82) is 0 Å². The van der Waals surface area contributed by atoms with Crippen LogP contribution in [-0.2, 0) is 4.79 Å². The van der Waals surface area contributed by atoms with E-state index in [-0.39, 0.29) is 18.4 Å². The highest BCUT2D eigenvalue weighted by molar-refractivity contribution is 6.00. The van der Waals surface area contributed by atoms with Gasteiger partial charge in [-0.15, -0.1) is 0 Å². The predicted molar refractivity (Wildman–Crippen MR) is 73.6 cm³/mol. The molecule has 6 heteroatoms. The quantitative estimate of drug-likeness (QED) is 0.807. The molecule has 6 nitrogen and oxygen atoms in total. The molecule has 0 aromatic heterocycles. The van der Waals surface area contributed by atoms with E-state index in [0.29, 0.717) is 23.5 Å². The standard InChI is InChI=1S/C14H18N2O4/c1-8-6-16(7-11(8)14(18)19)13(17)10-5-9(20-2)3-4-12(10)15/h3-5,8,11H,6-7,15H2,1-2H3,(H,18,19). The van der Waals surface area contributed by atoms with E-state index < -0.39 is 11.9 Å². The van der Waals surface area contributed by atoms with Gasteiger partial charge in [-0.05, 0) is 24.1 Å². The molecule has 1 aliphatic heterocycles. The SMILES string of the molecule is COc1ccc(N)c(C(=O)N2CC(C)C(C(=O)O)C2)c1. The van der Waals surface area contributed by atoms with Gasteiger partial charge in [0.1, 0.15) is 5.75 Å². The molecule has 1 heterocycles. The third kappa shape index (κ3) is 2.54. The molecule has 1 amide bonds. The first-order chi connectivity index (χ1) is 9.43. The van der Waals surface area contributed by atoms with Gasteiger partial charge in [-0.1, -0.05) is 6.92 Å². The largest absolute Gasteiger partial charge is 0.497 e. The summed E-state index contributed by atoms with van der Waals surface area (Å²) < 4.78 is 5.08. The Morgan fingerprint density at radius 3 is 2.65 bits per heavy atom. The van der Waals surface area contributed by atoms with Gasteiger partial charge in [0.2, 0.25) is 0 Å². The van der Waals surface area contributed by atoms with Gasteiger partial charge in [0, 0.05) is 18.8 Å². The zero-order valence-electron chi connectivity index (χ0n) is 11.5. The van der Waals surface area contributed by atoms with Crippen molar-refractivity contribution in [3.63, 3.8) is 0 Å². The van der Waals surface area contributed by atoms with Crippen LogP contribution in [0.5, 0.6) is 5.75 Å². The van der Waals surface area contributed by atoms with Crippen LogP contribution in [0.1, 0.15) is 17.3 Å². The summed E-state index contributed by atoms with van der Waals surface area (Å²) in [5.41, 5.74) is 6.54. The lowest BCUT2D eigenvalue weighted by Gasteiger charge is -2.17. The van der Waals surface area contributed by atoms with Crippen LogP contribution in [0.3, 0.4) is 0 Å². The number of benzene rings is 1. The normalized spacial score (nSPS) is 21.8. The third-order valence-corrected chi connectivity index (χ3v) is 3.71. The highest BCUT2D eigenvalue weighted by atomic mass is 16.5. The van der Waals surface area contributed by atoms with Crippen molar-refractivity contribution < 1.29 is 19.4 Å². The monoisotopic (exact) mass is 278 g/mol. The summed E-state index contributed by atoms with van der Waals surface area (Å²) in [4.78, 5) is 25.1. The molecule has 0 bridgehead atoms. The third-order valence-electron chi connectivity index (χ3n) is 3.71. The predicted octanol–water partition coefficient (Wildman–Crippen LogP) is 1.07. The lowest BCUT2D eigenvalue weighted by atomic mass is 9.99. The van der Waals surface area contributed by atoms with Gasteiger partial charge < -0.3 is 20.5 Å². The van der Waals surface area contributed by atoms with Gasteiger partial charge in [0.15, 0.2) is 0 Å². The Balaban J connectivity index is 2.22. The molecular formula is C14H18N2O4. The number of nitrogens with zero attached hydrogens (tertiary/aromatic N) is 1. The average Bonchev–Trinajstić information content (AvgIpc) is 2.81. The molecule has 2 atom stereocenters. The summed E-state index contributed by atoms with van der Waals surface area (Å²) in [6, 6.07) is 4.87. The number of rotatable bonds is 3. The zero-order valence-corrected chi connectivity index (χ0v) is 11.5. The number of carboxylic acid groups (broad SMARTS) is 1. The fraction of sp³-hybridized carbons (Fsp3) is 0.429. The summed E-state index contributed by atoms with van der Waals surface area (Å²) in [6.45, 7) is 2.47. The Morgan fingerprint density at radius 1 is 1.40 bits per heavy atom. The molecule has 0 radical (unpaired) electrons. The minimum atomic E-state index is -0.869. The maximum Gasteiger partial charge on any atom is 0.308 e.